The molecule has 0 amide bonds. The van der Waals surface area contributed by atoms with Gasteiger partial charge in [0.15, 0.2) is 0 Å². The largest absolute Gasteiger partial charge is 0.353 e. The first-order chi connectivity index (χ1) is 9.28. The number of nitrogens with one attached hydrogen (secondary N) is 1. The first-order valence-electron chi connectivity index (χ1n) is 7.06. The summed E-state index contributed by atoms with van der Waals surface area (Å²) in [6, 6.07) is 2.92. The first-order valence-corrected chi connectivity index (χ1v) is 7.85. The second-order valence-electron chi connectivity index (χ2n) is 5.44. The monoisotopic (exact) mass is 324 g/mol. The lowest BCUT2D eigenvalue weighted by molar-refractivity contribution is 0.230. The average Bonchev–Trinajstić information content (AvgIpc) is 2.86. The Bertz CT molecular complexity index is 451. The summed E-state index contributed by atoms with van der Waals surface area (Å²) in [7, 11) is 1.99. The van der Waals surface area contributed by atoms with E-state index in [2.05, 4.69) is 42.1 Å². The van der Waals surface area contributed by atoms with Crippen LogP contribution in [0.15, 0.2) is 16.7 Å². The summed E-state index contributed by atoms with van der Waals surface area (Å²) in [5.74, 6) is 1.16. The van der Waals surface area contributed by atoms with Crippen molar-refractivity contribution in [2.24, 2.45) is 0 Å². The Balaban J connectivity index is 1.81. The quantitative estimate of drug-likeness (QED) is 0.919. The van der Waals surface area contributed by atoms with Gasteiger partial charge in [-0.2, -0.15) is 0 Å². The molecule has 3 heterocycles. The highest BCUT2D eigenvalue weighted by Gasteiger charge is 2.31. The lowest BCUT2D eigenvalue weighted by atomic mass is 10.1. The molecule has 3 rings (SSSR count). The van der Waals surface area contributed by atoms with Crippen LogP contribution in [0.2, 0.25) is 0 Å². The predicted molar refractivity (Wildman–Crippen MR) is 81.5 cm³/mol. The zero-order valence-corrected chi connectivity index (χ0v) is 13.0. The summed E-state index contributed by atoms with van der Waals surface area (Å²) >= 11 is 3.52. The van der Waals surface area contributed by atoms with Crippen molar-refractivity contribution in [2.45, 2.75) is 25.4 Å². The second-order valence-corrected chi connectivity index (χ2v) is 6.36. The van der Waals surface area contributed by atoms with E-state index in [0.717, 1.165) is 36.0 Å². The first kappa shape index (κ1) is 13.3. The molecule has 2 aliphatic rings. The van der Waals surface area contributed by atoms with E-state index < -0.39 is 0 Å². The highest BCUT2D eigenvalue weighted by atomic mass is 79.9. The number of rotatable bonds is 3. The average molecular weight is 325 g/mol. The summed E-state index contributed by atoms with van der Waals surface area (Å²) in [6.07, 6.45) is 4.61. The molecule has 1 aromatic rings. The molecule has 0 aliphatic carbocycles. The molecule has 2 saturated heterocycles. The smallest absolute Gasteiger partial charge is 0.133 e. The number of aromatic nitrogens is 1. The van der Waals surface area contributed by atoms with E-state index in [1.807, 2.05) is 13.2 Å². The van der Waals surface area contributed by atoms with Crippen LogP contribution < -0.4 is 10.2 Å². The van der Waals surface area contributed by atoms with E-state index in [0.29, 0.717) is 0 Å². The summed E-state index contributed by atoms with van der Waals surface area (Å²) in [6.45, 7) is 5.57. The highest BCUT2D eigenvalue weighted by Crippen LogP contribution is 2.27. The Labute approximate surface area is 123 Å². The van der Waals surface area contributed by atoms with Crippen LogP contribution in [-0.4, -0.2) is 49.2 Å². The molecule has 1 atom stereocenters. The van der Waals surface area contributed by atoms with Gasteiger partial charge >= 0.3 is 0 Å². The maximum absolute atomic E-state index is 4.66. The van der Waals surface area contributed by atoms with Gasteiger partial charge in [-0.15, -0.1) is 0 Å². The number of fused-ring (bicyclic) bond motifs is 1. The molecule has 0 bridgehead atoms. The van der Waals surface area contributed by atoms with Crippen molar-refractivity contribution < 1.29 is 0 Å². The number of hydrogen-bond acceptors (Lipinski definition) is 4. The molecule has 4 nitrogen and oxygen atoms in total. The second kappa shape index (κ2) is 5.77. The molecule has 0 saturated carbocycles. The van der Waals surface area contributed by atoms with Crippen molar-refractivity contribution in [2.75, 3.05) is 38.1 Å². The van der Waals surface area contributed by atoms with E-state index in [-0.39, 0.29) is 0 Å². The van der Waals surface area contributed by atoms with Crippen LogP contribution in [0, 0.1) is 0 Å². The molecule has 0 radical (unpaired) electrons. The fourth-order valence-corrected chi connectivity index (χ4v) is 3.64. The molecule has 0 aromatic carbocycles. The normalized spacial score (nSPS) is 23.7. The van der Waals surface area contributed by atoms with Crippen molar-refractivity contribution in [1.82, 2.24) is 15.2 Å². The minimum atomic E-state index is 0.738. The van der Waals surface area contributed by atoms with Gasteiger partial charge in [-0.3, -0.25) is 4.90 Å². The Morgan fingerprint density at radius 1 is 1.42 bits per heavy atom. The third-order valence-electron chi connectivity index (χ3n) is 4.16. The molecule has 2 fully saturated rings. The molecular weight excluding hydrogens is 304 g/mol. The molecule has 1 unspecified atom stereocenters. The van der Waals surface area contributed by atoms with Crippen LogP contribution in [0.25, 0.3) is 0 Å². The third-order valence-corrected chi connectivity index (χ3v) is 4.60. The van der Waals surface area contributed by atoms with Gasteiger partial charge in [0.2, 0.25) is 0 Å². The van der Waals surface area contributed by atoms with E-state index in [1.54, 1.807) is 0 Å². The van der Waals surface area contributed by atoms with Gasteiger partial charge in [0, 0.05) is 48.5 Å². The molecule has 1 aromatic heterocycles. The van der Waals surface area contributed by atoms with Gasteiger partial charge < -0.3 is 10.2 Å². The number of pyridine rings is 1. The maximum atomic E-state index is 4.66. The van der Waals surface area contributed by atoms with Crippen molar-refractivity contribution in [3.8, 4) is 0 Å². The van der Waals surface area contributed by atoms with Gasteiger partial charge in [-0.05, 0) is 48.4 Å². The Morgan fingerprint density at radius 3 is 3.16 bits per heavy atom. The van der Waals surface area contributed by atoms with Crippen molar-refractivity contribution in [3.63, 3.8) is 0 Å². The predicted octanol–water partition coefficient (Wildman–Crippen LogP) is 1.85. The number of hydrogen-bond donors (Lipinski definition) is 1. The number of anilines is 1. The minimum Gasteiger partial charge on any atom is -0.353 e. The number of halogens is 1. The SMILES string of the molecule is CNCc1cc(Br)cnc1N1CCN2CCCC2C1. The van der Waals surface area contributed by atoms with Gasteiger partial charge in [0.25, 0.3) is 0 Å². The van der Waals surface area contributed by atoms with E-state index in [1.165, 1.54) is 31.5 Å². The number of piperazine rings is 1. The molecule has 104 valence electrons. The molecule has 2 aliphatic heterocycles. The zero-order valence-electron chi connectivity index (χ0n) is 11.4. The molecule has 0 spiro atoms. The van der Waals surface area contributed by atoms with Gasteiger partial charge in [0.1, 0.15) is 5.82 Å². The lowest BCUT2D eigenvalue weighted by Gasteiger charge is -2.38. The van der Waals surface area contributed by atoms with Crippen molar-refractivity contribution >= 4 is 21.7 Å². The summed E-state index contributed by atoms with van der Waals surface area (Å²) in [4.78, 5) is 9.75. The fourth-order valence-electron chi connectivity index (χ4n) is 3.26. The van der Waals surface area contributed by atoms with Gasteiger partial charge in [0.05, 0.1) is 0 Å². The molecular formula is C14H21BrN4. The van der Waals surface area contributed by atoms with E-state index in [9.17, 15) is 0 Å². The standard InChI is InChI=1S/C14H21BrN4/c1-16-8-11-7-12(15)9-17-14(11)19-6-5-18-4-2-3-13(18)10-19/h7,9,13,16H,2-6,8,10H2,1H3. The summed E-state index contributed by atoms with van der Waals surface area (Å²) in [5.41, 5.74) is 1.28. The molecule has 19 heavy (non-hydrogen) atoms. The molecule has 1 N–H and O–H groups in total. The maximum Gasteiger partial charge on any atom is 0.133 e. The van der Waals surface area contributed by atoms with E-state index in [4.69, 9.17) is 0 Å². The van der Waals surface area contributed by atoms with Gasteiger partial charge in [-0.1, -0.05) is 0 Å². The molecule has 5 heteroatoms. The lowest BCUT2D eigenvalue weighted by Crippen LogP contribution is -2.50. The zero-order chi connectivity index (χ0) is 13.2. The topological polar surface area (TPSA) is 31.4 Å². The van der Waals surface area contributed by atoms with Crippen LogP contribution in [0.3, 0.4) is 0 Å². The Hall–Kier alpha value is -0.650. The van der Waals surface area contributed by atoms with Crippen molar-refractivity contribution in [1.29, 1.82) is 0 Å². The van der Waals surface area contributed by atoms with E-state index >= 15 is 0 Å². The van der Waals surface area contributed by atoms with Crippen LogP contribution in [0.4, 0.5) is 5.82 Å². The third kappa shape index (κ3) is 2.78. The van der Waals surface area contributed by atoms with Crippen LogP contribution in [-0.2, 0) is 6.54 Å². The van der Waals surface area contributed by atoms with Gasteiger partial charge in [-0.25, -0.2) is 4.98 Å². The fraction of sp³-hybridized carbons (Fsp3) is 0.643. The van der Waals surface area contributed by atoms with Crippen LogP contribution in [0.5, 0.6) is 0 Å². The van der Waals surface area contributed by atoms with Crippen LogP contribution >= 0.6 is 15.9 Å². The van der Waals surface area contributed by atoms with Crippen LogP contribution in [0.1, 0.15) is 18.4 Å². The number of nitrogens with zero attached hydrogens (tertiary/aromatic N) is 3. The summed E-state index contributed by atoms with van der Waals surface area (Å²) in [5, 5.41) is 3.24. The Kier molecular flexibility index (Phi) is 4.05. The highest BCUT2D eigenvalue weighted by molar-refractivity contribution is 9.10. The summed E-state index contributed by atoms with van der Waals surface area (Å²) < 4.78 is 1.06. The Morgan fingerprint density at radius 2 is 2.32 bits per heavy atom. The van der Waals surface area contributed by atoms with Crippen molar-refractivity contribution in [3.05, 3.63) is 22.3 Å². The minimum absolute atomic E-state index is 0.738.